The molecule has 0 unspecified atom stereocenters. The highest BCUT2D eigenvalue weighted by Gasteiger charge is 2.23. The quantitative estimate of drug-likeness (QED) is 0.687. The fraction of sp³-hybridized carbons (Fsp3) is 0.560. The van der Waals surface area contributed by atoms with E-state index in [-0.39, 0.29) is 5.91 Å². The lowest BCUT2D eigenvalue weighted by atomic mass is 9.95. The van der Waals surface area contributed by atoms with Crippen LogP contribution in [0.3, 0.4) is 0 Å². The number of carbonyl (C=O) groups is 1. The smallest absolute Gasteiger partial charge is 0.236 e. The Labute approximate surface area is 182 Å². The first-order chi connectivity index (χ1) is 14.6. The number of benzene rings is 1. The van der Waals surface area contributed by atoms with Crippen molar-refractivity contribution in [2.45, 2.75) is 26.2 Å². The number of allylic oxidation sites excluding steroid dienone is 2. The maximum absolute atomic E-state index is 12.6. The standard InChI is InChI=1S/C25H37N3O2/c1-4-5-24(26(2)3)23-10-8-21(9-11-23)6-7-22-12-14-28(15-13-22)25(29)20-27-16-18-30-19-17-27/h5-11,22H,4,12-20H2,1-3H3/b7-6+,24-5+. The molecule has 3 rings (SSSR count). The fourth-order valence-electron chi connectivity index (χ4n) is 4.16. The lowest BCUT2D eigenvalue weighted by molar-refractivity contribution is -0.134. The number of hydrogen-bond donors (Lipinski definition) is 0. The summed E-state index contributed by atoms with van der Waals surface area (Å²) in [6.07, 6.45) is 9.95. The van der Waals surface area contributed by atoms with E-state index >= 15 is 0 Å². The summed E-state index contributed by atoms with van der Waals surface area (Å²) in [5, 5.41) is 0. The largest absolute Gasteiger partial charge is 0.379 e. The van der Waals surface area contributed by atoms with Gasteiger partial charge in [0.2, 0.25) is 5.91 Å². The van der Waals surface area contributed by atoms with Crippen molar-refractivity contribution in [3.05, 3.63) is 47.5 Å². The zero-order valence-corrected chi connectivity index (χ0v) is 18.8. The average molecular weight is 412 g/mol. The first-order valence-electron chi connectivity index (χ1n) is 11.3. The molecule has 0 atom stereocenters. The summed E-state index contributed by atoms with van der Waals surface area (Å²) in [6.45, 7) is 7.66. The van der Waals surface area contributed by atoms with E-state index in [4.69, 9.17) is 4.74 Å². The van der Waals surface area contributed by atoms with Crippen LogP contribution in [0, 0.1) is 5.92 Å². The first-order valence-corrected chi connectivity index (χ1v) is 11.3. The van der Waals surface area contributed by atoms with Crippen LogP contribution in [0.25, 0.3) is 11.8 Å². The molecule has 5 nitrogen and oxygen atoms in total. The van der Waals surface area contributed by atoms with Gasteiger partial charge in [-0.3, -0.25) is 9.69 Å². The van der Waals surface area contributed by atoms with E-state index < -0.39 is 0 Å². The Kier molecular flexibility index (Phi) is 8.52. The van der Waals surface area contributed by atoms with Crippen molar-refractivity contribution >= 4 is 17.7 Å². The summed E-state index contributed by atoms with van der Waals surface area (Å²) in [4.78, 5) is 19.0. The lowest BCUT2D eigenvalue weighted by Gasteiger charge is -2.33. The number of nitrogens with zero attached hydrogens (tertiary/aromatic N) is 3. The number of likely N-dealkylation sites (tertiary alicyclic amines) is 1. The molecule has 1 aromatic rings. The second-order valence-electron chi connectivity index (χ2n) is 8.48. The summed E-state index contributed by atoms with van der Waals surface area (Å²) >= 11 is 0. The maximum Gasteiger partial charge on any atom is 0.236 e. The van der Waals surface area contributed by atoms with E-state index in [0.29, 0.717) is 12.5 Å². The summed E-state index contributed by atoms with van der Waals surface area (Å²) in [6, 6.07) is 8.79. The summed E-state index contributed by atoms with van der Waals surface area (Å²) in [5.41, 5.74) is 3.76. The molecule has 0 radical (unpaired) electrons. The van der Waals surface area contributed by atoms with E-state index in [1.54, 1.807) is 0 Å². The van der Waals surface area contributed by atoms with Crippen LogP contribution in [0.1, 0.15) is 37.3 Å². The molecule has 0 saturated carbocycles. The van der Waals surface area contributed by atoms with Gasteiger partial charge in [-0.05, 0) is 36.3 Å². The molecule has 2 heterocycles. The molecule has 1 aromatic carbocycles. The molecular weight excluding hydrogens is 374 g/mol. The van der Waals surface area contributed by atoms with Gasteiger partial charge in [-0.2, -0.15) is 0 Å². The number of rotatable bonds is 7. The third-order valence-electron chi connectivity index (χ3n) is 6.00. The molecule has 5 heteroatoms. The number of piperidine rings is 1. The van der Waals surface area contributed by atoms with Crippen LogP contribution in [0.15, 0.2) is 36.4 Å². The molecule has 2 fully saturated rings. The molecule has 0 aliphatic carbocycles. The van der Waals surface area contributed by atoms with Crippen LogP contribution >= 0.6 is 0 Å². The molecule has 2 saturated heterocycles. The Balaban J connectivity index is 1.47. The van der Waals surface area contributed by atoms with Gasteiger partial charge >= 0.3 is 0 Å². The van der Waals surface area contributed by atoms with E-state index in [1.165, 1.54) is 16.8 Å². The number of hydrogen-bond acceptors (Lipinski definition) is 4. The summed E-state index contributed by atoms with van der Waals surface area (Å²) in [5.74, 6) is 0.821. The van der Waals surface area contributed by atoms with Gasteiger partial charge in [0.25, 0.3) is 0 Å². The molecule has 2 aliphatic heterocycles. The molecule has 164 valence electrons. The fourth-order valence-corrected chi connectivity index (χ4v) is 4.16. The van der Waals surface area contributed by atoms with Crippen LogP contribution in [0.5, 0.6) is 0 Å². The monoisotopic (exact) mass is 411 g/mol. The molecule has 0 N–H and O–H groups in total. The van der Waals surface area contributed by atoms with Gasteiger partial charge in [-0.1, -0.05) is 49.4 Å². The van der Waals surface area contributed by atoms with E-state index in [9.17, 15) is 4.79 Å². The Morgan fingerprint density at radius 3 is 2.37 bits per heavy atom. The number of amides is 1. The lowest BCUT2D eigenvalue weighted by Crippen LogP contribution is -2.46. The van der Waals surface area contributed by atoms with Crippen LogP contribution in [-0.2, 0) is 9.53 Å². The van der Waals surface area contributed by atoms with Gasteiger partial charge < -0.3 is 14.5 Å². The second kappa shape index (κ2) is 11.3. The molecule has 1 amide bonds. The molecule has 0 aromatic heterocycles. The van der Waals surface area contributed by atoms with Crippen molar-refractivity contribution in [3.63, 3.8) is 0 Å². The Morgan fingerprint density at radius 2 is 1.77 bits per heavy atom. The molecule has 30 heavy (non-hydrogen) atoms. The third kappa shape index (κ3) is 6.44. The van der Waals surface area contributed by atoms with Crippen LogP contribution in [0.2, 0.25) is 0 Å². The summed E-state index contributed by atoms with van der Waals surface area (Å²) in [7, 11) is 4.18. The highest BCUT2D eigenvalue weighted by atomic mass is 16.5. The van der Waals surface area contributed by atoms with Crippen molar-refractivity contribution in [2.24, 2.45) is 5.92 Å². The minimum atomic E-state index is 0.270. The van der Waals surface area contributed by atoms with Crippen LogP contribution < -0.4 is 0 Å². The minimum absolute atomic E-state index is 0.270. The zero-order chi connectivity index (χ0) is 21.3. The van der Waals surface area contributed by atoms with Crippen molar-refractivity contribution in [2.75, 3.05) is 60.0 Å². The van der Waals surface area contributed by atoms with Gasteiger partial charge in [0.1, 0.15) is 0 Å². The van der Waals surface area contributed by atoms with Gasteiger partial charge in [0.15, 0.2) is 0 Å². The van der Waals surface area contributed by atoms with Gasteiger partial charge in [0.05, 0.1) is 19.8 Å². The van der Waals surface area contributed by atoms with Crippen LogP contribution in [0.4, 0.5) is 0 Å². The normalized spacial score (nSPS) is 19.4. The maximum atomic E-state index is 12.6. The molecule has 0 bridgehead atoms. The predicted molar refractivity (Wildman–Crippen MR) is 124 cm³/mol. The molecular formula is C25H37N3O2. The summed E-state index contributed by atoms with van der Waals surface area (Å²) < 4.78 is 5.36. The van der Waals surface area contributed by atoms with Crippen molar-refractivity contribution in [1.82, 2.24) is 14.7 Å². The predicted octanol–water partition coefficient (Wildman–Crippen LogP) is 3.58. The number of ether oxygens (including phenoxy) is 1. The van der Waals surface area contributed by atoms with E-state index in [1.807, 2.05) is 4.90 Å². The van der Waals surface area contributed by atoms with Crippen molar-refractivity contribution in [3.8, 4) is 0 Å². The number of morpholine rings is 1. The van der Waals surface area contributed by atoms with E-state index in [2.05, 4.69) is 73.3 Å². The Hall–Kier alpha value is -2.11. The van der Waals surface area contributed by atoms with E-state index in [0.717, 1.165) is 58.7 Å². The van der Waals surface area contributed by atoms with Crippen LogP contribution in [-0.4, -0.2) is 80.6 Å². The average Bonchev–Trinajstić information content (AvgIpc) is 2.77. The topological polar surface area (TPSA) is 36.0 Å². The molecule has 2 aliphatic rings. The zero-order valence-electron chi connectivity index (χ0n) is 18.8. The van der Waals surface area contributed by atoms with Crippen molar-refractivity contribution in [1.29, 1.82) is 0 Å². The first kappa shape index (κ1) is 22.6. The minimum Gasteiger partial charge on any atom is -0.379 e. The second-order valence-corrected chi connectivity index (χ2v) is 8.48. The van der Waals surface area contributed by atoms with Gasteiger partial charge in [0, 0.05) is 46.0 Å². The molecule has 0 spiro atoms. The Bertz CT molecular complexity index is 725. The highest BCUT2D eigenvalue weighted by molar-refractivity contribution is 5.78. The Morgan fingerprint density at radius 1 is 1.10 bits per heavy atom. The number of carbonyl (C=O) groups excluding carboxylic acids is 1. The third-order valence-corrected chi connectivity index (χ3v) is 6.00. The SMILES string of the molecule is CC/C=C(\c1ccc(/C=C/C2CCN(C(=O)CN3CCOCC3)CC2)cc1)N(C)C. The van der Waals surface area contributed by atoms with Crippen molar-refractivity contribution < 1.29 is 9.53 Å². The highest BCUT2D eigenvalue weighted by Crippen LogP contribution is 2.22. The van der Waals surface area contributed by atoms with Gasteiger partial charge in [-0.15, -0.1) is 0 Å². The van der Waals surface area contributed by atoms with Gasteiger partial charge in [-0.25, -0.2) is 0 Å².